The third-order valence-electron chi connectivity index (χ3n) is 3.61. The number of hydrogen-bond donors (Lipinski definition) is 2. The van der Waals surface area contributed by atoms with Gasteiger partial charge in [-0.25, -0.2) is 13.6 Å². The van der Waals surface area contributed by atoms with Gasteiger partial charge < -0.3 is 5.32 Å². The number of amides is 1. The normalized spacial score (nSPS) is 11.4. The second-order valence-corrected chi connectivity index (χ2v) is 7.37. The lowest BCUT2D eigenvalue weighted by molar-refractivity contribution is -0.115. The molecule has 0 bridgehead atoms. The number of sulfonamides is 1. The summed E-state index contributed by atoms with van der Waals surface area (Å²) in [7, 11) is -3.95. The summed E-state index contributed by atoms with van der Waals surface area (Å²) in [6.45, 7) is 0. The van der Waals surface area contributed by atoms with E-state index >= 15 is 0 Å². The molecule has 3 rings (SSSR count). The van der Waals surface area contributed by atoms with E-state index in [2.05, 4.69) is 10.3 Å². The molecule has 0 unspecified atom stereocenters. The van der Waals surface area contributed by atoms with Crippen LogP contribution < -0.4 is 10.5 Å². The van der Waals surface area contributed by atoms with E-state index in [9.17, 15) is 13.2 Å². The van der Waals surface area contributed by atoms with Crippen molar-refractivity contribution < 1.29 is 13.2 Å². The number of hydrogen-bond acceptors (Lipinski definition) is 4. The predicted molar refractivity (Wildman–Crippen MR) is 96.9 cm³/mol. The molecule has 0 fully saturated rings. The van der Waals surface area contributed by atoms with Crippen LogP contribution in [0.15, 0.2) is 59.8 Å². The number of rotatable bonds is 4. The zero-order chi connectivity index (χ0) is 18.0. The molecule has 0 atom stereocenters. The number of halogens is 1. The van der Waals surface area contributed by atoms with Gasteiger partial charge in [0.25, 0.3) is 0 Å². The van der Waals surface area contributed by atoms with Gasteiger partial charge in [-0.15, -0.1) is 0 Å². The first-order valence-corrected chi connectivity index (χ1v) is 9.21. The first-order chi connectivity index (χ1) is 11.8. The van der Waals surface area contributed by atoms with Gasteiger partial charge in [0.05, 0.1) is 11.3 Å². The Morgan fingerprint density at radius 1 is 1.20 bits per heavy atom. The van der Waals surface area contributed by atoms with Crippen molar-refractivity contribution in [2.75, 3.05) is 5.32 Å². The van der Waals surface area contributed by atoms with Crippen molar-refractivity contribution in [3.63, 3.8) is 0 Å². The highest BCUT2D eigenvalue weighted by atomic mass is 35.5. The topological polar surface area (TPSA) is 102 Å². The average molecular weight is 376 g/mol. The number of carbonyl (C=O) groups excluding carboxylic acids is 1. The lowest BCUT2D eigenvalue weighted by atomic mass is 10.1. The Morgan fingerprint density at radius 3 is 2.68 bits per heavy atom. The molecule has 2 aromatic carbocycles. The highest BCUT2D eigenvalue weighted by Crippen LogP contribution is 2.26. The molecule has 0 spiro atoms. The molecule has 0 saturated carbocycles. The van der Waals surface area contributed by atoms with Gasteiger partial charge in [-0.2, -0.15) is 0 Å². The molecule has 8 heteroatoms. The summed E-state index contributed by atoms with van der Waals surface area (Å²) < 4.78 is 23.7. The Bertz CT molecular complexity index is 1070. The fourth-order valence-electron chi connectivity index (χ4n) is 2.50. The summed E-state index contributed by atoms with van der Waals surface area (Å²) in [5.41, 5.74) is 0.998. The summed E-state index contributed by atoms with van der Waals surface area (Å²) in [4.78, 5) is 16.2. The maximum Gasteiger partial charge on any atom is 0.238 e. The van der Waals surface area contributed by atoms with Crippen LogP contribution in [0.1, 0.15) is 5.56 Å². The minimum absolute atomic E-state index is 0.0649. The highest BCUT2D eigenvalue weighted by molar-refractivity contribution is 7.89. The highest BCUT2D eigenvalue weighted by Gasteiger charge is 2.15. The van der Waals surface area contributed by atoms with E-state index in [1.54, 1.807) is 36.4 Å². The van der Waals surface area contributed by atoms with Crippen LogP contribution in [0.3, 0.4) is 0 Å². The lowest BCUT2D eigenvalue weighted by Gasteiger charge is -2.10. The molecule has 25 heavy (non-hydrogen) atoms. The van der Waals surface area contributed by atoms with Crippen molar-refractivity contribution in [2.24, 2.45) is 5.14 Å². The molecule has 128 valence electrons. The van der Waals surface area contributed by atoms with Crippen LogP contribution in [0.4, 0.5) is 5.69 Å². The third-order valence-corrected chi connectivity index (χ3v) is 4.93. The zero-order valence-corrected chi connectivity index (χ0v) is 14.5. The molecule has 1 amide bonds. The first kappa shape index (κ1) is 17.3. The van der Waals surface area contributed by atoms with E-state index in [0.717, 1.165) is 0 Å². The van der Waals surface area contributed by atoms with Gasteiger partial charge in [-0.1, -0.05) is 29.8 Å². The Hall–Kier alpha value is -2.48. The molecule has 1 aromatic heterocycles. The maximum atomic E-state index is 12.3. The lowest BCUT2D eigenvalue weighted by Crippen LogP contribution is -2.17. The number of aromatic nitrogens is 1. The standard InChI is InChI=1S/C17H14ClN3O3S/c18-15-4-2-1-3-11(15)8-17(22)21-13-7-12-10-20-6-5-14(12)16(9-13)25(19,23)24/h1-7,9-10H,8H2,(H,21,22)(H2,19,23,24). The summed E-state index contributed by atoms with van der Waals surface area (Å²) in [5, 5.41) is 9.46. The Labute approximate surface area is 149 Å². The number of carbonyl (C=O) groups is 1. The van der Waals surface area contributed by atoms with Crippen molar-refractivity contribution in [1.29, 1.82) is 0 Å². The summed E-state index contributed by atoms with van der Waals surface area (Å²) in [5.74, 6) is -0.322. The second-order valence-electron chi connectivity index (χ2n) is 5.43. The third kappa shape index (κ3) is 3.96. The van der Waals surface area contributed by atoms with Gasteiger partial charge in [-0.3, -0.25) is 9.78 Å². The Balaban J connectivity index is 1.94. The number of nitrogens with two attached hydrogens (primary N) is 1. The van der Waals surface area contributed by atoms with E-state index in [1.165, 1.54) is 18.5 Å². The van der Waals surface area contributed by atoms with E-state index in [-0.39, 0.29) is 17.2 Å². The number of fused-ring (bicyclic) bond motifs is 1. The van der Waals surface area contributed by atoms with Gasteiger partial charge in [0.15, 0.2) is 0 Å². The molecule has 1 heterocycles. The van der Waals surface area contributed by atoms with Crippen LogP contribution in [0, 0.1) is 0 Å². The predicted octanol–water partition coefficient (Wildman–Crippen LogP) is 2.72. The van der Waals surface area contributed by atoms with Crippen molar-refractivity contribution in [1.82, 2.24) is 4.98 Å². The maximum absolute atomic E-state index is 12.3. The van der Waals surface area contributed by atoms with Crippen LogP contribution in [0.2, 0.25) is 5.02 Å². The molecule has 3 N–H and O–H groups in total. The van der Waals surface area contributed by atoms with Crippen LogP contribution in [-0.4, -0.2) is 19.3 Å². The monoisotopic (exact) mass is 375 g/mol. The molecule has 0 aliphatic carbocycles. The molecule has 0 aliphatic rings. The smallest absolute Gasteiger partial charge is 0.238 e. The summed E-state index contributed by atoms with van der Waals surface area (Å²) in [6.07, 6.45) is 3.05. The summed E-state index contributed by atoms with van der Waals surface area (Å²) in [6, 6.07) is 11.6. The van der Waals surface area contributed by atoms with E-state index in [1.807, 2.05) is 0 Å². The molecule has 6 nitrogen and oxygen atoms in total. The number of nitrogens with zero attached hydrogens (tertiary/aromatic N) is 1. The van der Waals surface area contributed by atoms with Gasteiger partial charge >= 0.3 is 0 Å². The van der Waals surface area contributed by atoms with E-state index in [4.69, 9.17) is 16.7 Å². The van der Waals surface area contributed by atoms with Crippen molar-refractivity contribution in [2.45, 2.75) is 11.3 Å². The number of pyridine rings is 1. The molecule has 0 aliphatic heterocycles. The number of benzene rings is 2. The van der Waals surface area contributed by atoms with Gasteiger partial charge in [-0.05, 0) is 29.8 Å². The largest absolute Gasteiger partial charge is 0.326 e. The van der Waals surface area contributed by atoms with E-state index in [0.29, 0.717) is 27.0 Å². The second kappa shape index (κ2) is 6.79. The van der Waals surface area contributed by atoms with Crippen LogP contribution in [0.5, 0.6) is 0 Å². The minimum Gasteiger partial charge on any atom is -0.326 e. The fraction of sp³-hybridized carbons (Fsp3) is 0.0588. The van der Waals surface area contributed by atoms with E-state index < -0.39 is 10.0 Å². The average Bonchev–Trinajstić information content (AvgIpc) is 2.55. The van der Waals surface area contributed by atoms with Crippen molar-refractivity contribution >= 4 is 44.0 Å². The number of nitrogens with one attached hydrogen (secondary N) is 1. The van der Waals surface area contributed by atoms with Gasteiger partial charge in [0, 0.05) is 33.9 Å². The first-order valence-electron chi connectivity index (χ1n) is 7.28. The van der Waals surface area contributed by atoms with Crippen molar-refractivity contribution in [3.05, 3.63) is 65.4 Å². The number of anilines is 1. The van der Waals surface area contributed by atoms with Crippen molar-refractivity contribution in [3.8, 4) is 0 Å². The molecular weight excluding hydrogens is 362 g/mol. The SMILES string of the molecule is NS(=O)(=O)c1cc(NC(=O)Cc2ccccc2Cl)cc2cnccc12. The molecule has 0 radical (unpaired) electrons. The molecular formula is C17H14ClN3O3S. The summed E-state index contributed by atoms with van der Waals surface area (Å²) >= 11 is 6.05. The molecule has 3 aromatic rings. The number of primary sulfonamides is 1. The zero-order valence-electron chi connectivity index (χ0n) is 12.9. The molecule has 0 saturated heterocycles. The minimum atomic E-state index is -3.95. The van der Waals surface area contributed by atoms with Crippen LogP contribution in [-0.2, 0) is 21.2 Å². The quantitative estimate of drug-likeness (QED) is 0.731. The van der Waals surface area contributed by atoms with Crippen LogP contribution in [0.25, 0.3) is 10.8 Å². The Morgan fingerprint density at radius 2 is 1.96 bits per heavy atom. The van der Waals surface area contributed by atoms with Gasteiger partial charge in [0.1, 0.15) is 0 Å². The van der Waals surface area contributed by atoms with Crippen LogP contribution >= 0.6 is 11.6 Å². The van der Waals surface area contributed by atoms with Gasteiger partial charge in [0.2, 0.25) is 15.9 Å². The Kier molecular flexibility index (Phi) is 4.71. The fourth-order valence-corrected chi connectivity index (χ4v) is 3.49.